The highest BCUT2D eigenvalue weighted by Crippen LogP contribution is 1.86. The number of aliphatic carboxylic acids is 2. The van der Waals surface area contributed by atoms with Crippen LogP contribution in [0.15, 0.2) is 12.2 Å². The molecule has 2 amide bonds. The Bertz CT molecular complexity index is 332. The van der Waals surface area contributed by atoms with Gasteiger partial charge in [-0.2, -0.15) is 0 Å². The van der Waals surface area contributed by atoms with Crippen molar-refractivity contribution in [2.24, 2.45) is 5.73 Å². The van der Waals surface area contributed by atoms with Gasteiger partial charge in [0.05, 0.1) is 6.42 Å². The molecule has 88 valence electrons. The predicted octanol–water partition coefficient (Wildman–Crippen LogP) is -1.93. The van der Waals surface area contributed by atoms with Gasteiger partial charge in [0, 0.05) is 12.2 Å². The summed E-state index contributed by atoms with van der Waals surface area (Å²) in [7, 11) is 0. The number of hydrogen-bond acceptors (Lipinski definition) is 5. The quantitative estimate of drug-likeness (QED) is 0.413. The van der Waals surface area contributed by atoms with Crippen molar-refractivity contribution in [3.8, 4) is 0 Å². The highest BCUT2D eigenvalue weighted by molar-refractivity contribution is 6.12. The zero-order valence-corrected chi connectivity index (χ0v) is 8.04. The first-order valence-corrected chi connectivity index (χ1v) is 4.06. The number of hydrogen-bond donors (Lipinski definition) is 4. The van der Waals surface area contributed by atoms with Crippen molar-refractivity contribution in [2.45, 2.75) is 12.5 Å². The Hall–Kier alpha value is -2.22. The molecule has 0 saturated carbocycles. The van der Waals surface area contributed by atoms with Gasteiger partial charge < -0.3 is 15.9 Å². The normalized spacial score (nSPS) is 14.8. The van der Waals surface area contributed by atoms with Crippen LogP contribution >= 0.6 is 0 Å². The third kappa shape index (κ3) is 6.27. The van der Waals surface area contributed by atoms with Crippen molar-refractivity contribution < 1.29 is 29.4 Å². The van der Waals surface area contributed by atoms with E-state index in [1.165, 1.54) is 12.2 Å². The van der Waals surface area contributed by atoms with Gasteiger partial charge in [-0.3, -0.25) is 24.5 Å². The van der Waals surface area contributed by atoms with Crippen molar-refractivity contribution in [1.82, 2.24) is 5.32 Å². The summed E-state index contributed by atoms with van der Waals surface area (Å²) in [5, 5.41) is 18.1. The van der Waals surface area contributed by atoms with Gasteiger partial charge in [0.15, 0.2) is 0 Å². The van der Waals surface area contributed by atoms with Crippen molar-refractivity contribution in [1.29, 1.82) is 0 Å². The van der Waals surface area contributed by atoms with Gasteiger partial charge >= 0.3 is 11.9 Å². The van der Waals surface area contributed by atoms with E-state index in [0.717, 1.165) is 0 Å². The molecule has 8 heteroatoms. The molecule has 16 heavy (non-hydrogen) atoms. The lowest BCUT2D eigenvalue weighted by Crippen LogP contribution is -2.32. The first-order valence-electron chi connectivity index (χ1n) is 4.06. The van der Waals surface area contributed by atoms with Gasteiger partial charge in [0.1, 0.15) is 6.04 Å². The summed E-state index contributed by atoms with van der Waals surface area (Å²) in [4.78, 5) is 39.7. The number of amides is 2. The molecule has 1 rings (SSSR count). The molecule has 1 atom stereocenters. The van der Waals surface area contributed by atoms with Crippen LogP contribution in [0.5, 0.6) is 0 Å². The van der Waals surface area contributed by atoms with E-state index in [0.29, 0.717) is 0 Å². The molecule has 0 aliphatic carbocycles. The van der Waals surface area contributed by atoms with Crippen LogP contribution in [-0.2, 0) is 19.2 Å². The molecular weight excluding hydrogens is 220 g/mol. The number of imide groups is 1. The van der Waals surface area contributed by atoms with Crippen LogP contribution in [0.4, 0.5) is 0 Å². The average Bonchev–Trinajstić information content (AvgIpc) is 2.49. The van der Waals surface area contributed by atoms with E-state index in [1.807, 2.05) is 5.32 Å². The number of nitrogens with one attached hydrogen (secondary N) is 1. The van der Waals surface area contributed by atoms with Crippen LogP contribution in [0.1, 0.15) is 6.42 Å². The van der Waals surface area contributed by atoms with Crippen LogP contribution in [0.3, 0.4) is 0 Å². The molecule has 8 nitrogen and oxygen atoms in total. The Kier molecular flexibility index (Phi) is 5.42. The number of nitrogens with two attached hydrogens (primary N) is 1. The molecule has 0 spiro atoms. The number of carbonyl (C=O) groups is 4. The van der Waals surface area contributed by atoms with Crippen molar-refractivity contribution in [3.05, 3.63) is 12.2 Å². The van der Waals surface area contributed by atoms with Crippen LogP contribution in [0.2, 0.25) is 0 Å². The standard InChI is InChI=1S/C4H7NO4.C4H3NO2/c5-2(4(8)9)1-3(6)7;6-3-1-2-4(7)5-3/h2H,1,5H2,(H,6,7)(H,8,9);1-2H,(H,5,6,7). The third-order valence-electron chi connectivity index (χ3n) is 1.34. The predicted molar refractivity (Wildman–Crippen MR) is 50.2 cm³/mol. The Morgan fingerprint density at radius 3 is 1.81 bits per heavy atom. The zero-order valence-electron chi connectivity index (χ0n) is 8.04. The molecule has 1 aliphatic rings. The molecule has 0 radical (unpaired) electrons. The van der Waals surface area contributed by atoms with Crippen LogP contribution < -0.4 is 11.1 Å². The number of rotatable bonds is 3. The monoisotopic (exact) mass is 230 g/mol. The van der Waals surface area contributed by atoms with Crippen LogP contribution in [0.25, 0.3) is 0 Å². The molecule has 5 N–H and O–H groups in total. The minimum absolute atomic E-state index is 0.329. The van der Waals surface area contributed by atoms with E-state index in [2.05, 4.69) is 0 Å². The SMILES string of the molecule is NC(CC(=O)O)C(=O)O.O=C1C=CC(=O)N1. The van der Waals surface area contributed by atoms with E-state index >= 15 is 0 Å². The second-order valence-electron chi connectivity index (χ2n) is 2.73. The highest BCUT2D eigenvalue weighted by atomic mass is 16.4. The fraction of sp³-hybridized carbons (Fsp3) is 0.250. The Balaban J connectivity index is 0.000000288. The minimum atomic E-state index is -1.29. The molecule has 0 aromatic carbocycles. The molecule has 0 aromatic heterocycles. The number of carbonyl (C=O) groups excluding carboxylic acids is 2. The Morgan fingerprint density at radius 1 is 1.25 bits per heavy atom. The summed E-state index contributed by atoms with van der Waals surface area (Å²) in [5.41, 5.74) is 4.84. The van der Waals surface area contributed by atoms with Gasteiger partial charge in [-0.25, -0.2) is 0 Å². The summed E-state index contributed by atoms with van der Waals surface area (Å²) in [5.74, 6) is -3.16. The Labute approximate surface area is 89.7 Å². The van der Waals surface area contributed by atoms with Gasteiger partial charge in [0.25, 0.3) is 11.8 Å². The van der Waals surface area contributed by atoms with E-state index in [1.54, 1.807) is 0 Å². The average molecular weight is 230 g/mol. The van der Waals surface area contributed by atoms with Gasteiger partial charge in [-0.15, -0.1) is 0 Å². The van der Waals surface area contributed by atoms with E-state index < -0.39 is 24.4 Å². The largest absolute Gasteiger partial charge is 0.481 e. The Morgan fingerprint density at radius 2 is 1.69 bits per heavy atom. The number of carboxylic acid groups (broad SMARTS) is 2. The minimum Gasteiger partial charge on any atom is -0.481 e. The maximum Gasteiger partial charge on any atom is 0.321 e. The van der Waals surface area contributed by atoms with Crippen LogP contribution in [-0.4, -0.2) is 40.0 Å². The molecule has 1 unspecified atom stereocenters. The van der Waals surface area contributed by atoms with Crippen molar-refractivity contribution in [3.63, 3.8) is 0 Å². The molecule has 0 aromatic rings. The maximum atomic E-state index is 10.0. The van der Waals surface area contributed by atoms with E-state index in [4.69, 9.17) is 15.9 Å². The molecule has 0 saturated heterocycles. The zero-order chi connectivity index (χ0) is 12.7. The lowest BCUT2D eigenvalue weighted by atomic mass is 10.2. The number of carboxylic acids is 2. The summed E-state index contributed by atoms with van der Waals surface area (Å²) in [6.07, 6.45) is 1.86. The summed E-state index contributed by atoms with van der Waals surface area (Å²) in [6, 6.07) is -1.29. The van der Waals surface area contributed by atoms with Gasteiger partial charge in [-0.05, 0) is 0 Å². The topological polar surface area (TPSA) is 147 Å². The van der Waals surface area contributed by atoms with Crippen molar-refractivity contribution in [2.75, 3.05) is 0 Å². The first kappa shape index (κ1) is 13.8. The second-order valence-corrected chi connectivity index (χ2v) is 2.73. The molecule has 1 aliphatic heterocycles. The summed E-state index contributed by atoms with van der Waals surface area (Å²) >= 11 is 0. The molecule has 0 bridgehead atoms. The van der Waals surface area contributed by atoms with Crippen molar-refractivity contribution >= 4 is 23.8 Å². The lowest BCUT2D eigenvalue weighted by Gasteiger charge is -1.99. The fourth-order valence-corrected chi connectivity index (χ4v) is 0.632. The smallest absolute Gasteiger partial charge is 0.321 e. The lowest BCUT2D eigenvalue weighted by molar-refractivity contribution is -0.144. The van der Waals surface area contributed by atoms with Crippen LogP contribution in [0, 0.1) is 0 Å². The molecule has 0 fully saturated rings. The molecule has 1 heterocycles. The van der Waals surface area contributed by atoms with E-state index in [-0.39, 0.29) is 11.8 Å². The first-order chi connectivity index (χ1) is 7.32. The van der Waals surface area contributed by atoms with E-state index in [9.17, 15) is 19.2 Å². The fourth-order valence-electron chi connectivity index (χ4n) is 0.632. The summed E-state index contributed by atoms with van der Waals surface area (Å²) < 4.78 is 0. The van der Waals surface area contributed by atoms with Gasteiger partial charge in [0.2, 0.25) is 0 Å². The second kappa shape index (κ2) is 6.30. The maximum absolute atomic E-state index is 10.0. The third-order valence-corrected chi connectivity index (χ3v) is 1.34. The van der Waals surface area contributed by atoms with Gasteiger partial charge in [-0.1, -0.05) is 0 Å². The summed E-state index contributed by atoms with van der Waals surface area (Å²) in [6.45, 7) is 0. The molecular formula is C8H10N2O6. The highest BCUT2D eigenvalue weighted by Gasteiger charge is 2.14.